The van der Waals surface area contributed by atoms with E-state index in [2.05, 4.69) is 0 Å². The zero-order valence-electron chi connectivity index (χ0n) is 20.3. The van der Waals surface area contributed by atoms with Crippen LogP contribution in [0, 0.1) is 5.41 Å². The maximum absolute atomic E-state index is 13.2. The monoisotopic (exact) mass is 513 g/mol. The molecule has 4 aromatic rings. The van der Waals surface area contributed by atoms with Gasteiger partial charge in [0, 0.05) is 30.5 Å². The van der Waals surface area contributed by atoms with Crippen LogP contribution in [0.3, 0.4) is 0 Å². The summed E-state index contributed by atoms with van der Waals surface area (Å²) in [5.74, 6) is 0.290. The van der Waals surface area contributed by atoms with Crippen LogP contribution in [0.4, 0.5) is 4.79 Å². The van der Waals surface area contributed by atoms with E-state index in [0.29, 0.717) is 29.0 Å². The molecule has 188 valence electrons. The van der Waals surface area contributed by atoms with Crippen molar-refractivity contribution < 1.29 is 17.9 Å². The van der Waals surface area contributed by atoms with Gasteiger partial charge in [-0.25, -0.2) is 13.2 Å². The average Bonchev–Trinajstić information content (AvgIpc) is 2.89. The molecular weight excluding hydrogens is 486 g/mol. The molecule has 0 aromatic heterocycles. The second kappa shape index (κ2) is 11.1. The van der Waals surface area contributed by atoms with Crippen LogP contribution < -0.4 is 10.5 Å². The lowest BCUT2D eigenvalue weighted by atomic mass is 10.1. The van der Waals surface area contributed by atoms with Crippen molar-refractivity contribution in [3.63, 3.8) is 0 Å². The minimum Gasteiger partial charge on any atom is -0.410 e. The molecule has 0 aliphatic carbocycles. The summed E-state index contributed by atoms with van der Waals surface area (Å²) in [5, 5.41) is 7.69. The third-order valence-electron chi connectivity index (χ3n) is 5.74. The van der Waals surface area contributed by atoms with Crippen LogP contribution in [0.25, 0.3) is 11.1 Å². The Morgan fingerprint density at radius 3 is 2.14 bits per heavy atom. The molecule has 0 unspecified atom stereocenters. The van der Waals surface area contributed by atoms with Gasteiger partial charge in [0.1, 0.15) is 11.6 Å². The standard InChI is InChI=1S/C29H27N3O4S/c1-37(34,35)27-13-6-5-12-26(27)23-14-16-25(17-15-23)36-29(33)32(19-21-8-3-2-4-9-21)20-22-10-7-11-24(18-22)28(30)31/h2-18H,19-20H2,1H3,(H3,30,31). The van der Waals surface area contributed by atoms with Gasteiger partial charge < -0.3 is 10.5 Å². The molecule has 0 radical (unpaired) electrons. The number of rotatable bonds is 8. The molecule has 3 N–H and O–H groups in total. The number of amides is 1. The number of hydrogen-bond donors (Lipinski definition) is 2. The predicted octanol–water partition coefficient (Wildman–Crippen LogP) is 5.24. The number of benzene rings is 4. The SMILES string of the molecule is CS(=O)(=O)c1ccccc1-c1ccc(OC(=O)N(Cc2ccccc2)Cc2cccc(C(=N)N)c2)cc1. The second-order valence-electron chi connectivity index (χ2n) is 8.62. The van der Waals surface area contributed by atoms with E-state index in [9.17, 15) is 13.2 Å². The number of sulfone groups is 1. The van der Waals surface area contributed by atoms with Crippen molar-refractivity contribution in [1.29, 1.82) is 5.41 Å². The fraction of sp³-hybridized carbons (Fsp3) is 0.103. The highest BCUT2D eigenvalue weighted by atomic mass is 32.2. The van der Waals surface area contributed by atoms with Crippen LogP contribution in [0.2, 0.25) is 0 Å². The molecule has 37 heavy (non-hydrogen) atoms. The summed E-state index contributed by atoms with van der Waals surface area (Å²) in [4.78, 5) is 15.0. The van der Waals surface area contributed by atoms with Crippen molar-refractivity contribution in [2.24, 2.45) is 5.73 Å². The van der Waals surface area contributed by atoms with E-state index in [1.165, 1.54) is 6.26 Å². The van der Waals surface area contributed by atoms with E-state index in [4.69, 9.17) is 15.9 Å². The molecule has 4 aromatic carbocycles. The maximum atomic E-state index is 13.2. The quantitative estimate of drug-likeness (QED) is 0.247. The number of nitrogens with one attached hydrogen (secondary N) is 1. The number of hydrogen-bond acceptors (Lipinski definition) is 5. The zero-order valence-corrected chi connectivity index (χ0v) is 21.1. The van der Waals surface area contributed by atoms with Gasteiger partial charge in [-0.1, -0.05) is 78.9 Å². The Balaban J connectivity index is 1.56. The van der Waals surface area contributed by atoms with E-state index in [1.54, 1.807) is 71.6 Å². The molecule has 8 heteroatoms. The van der Waals surface area contributed by atoms with Gasteiger partial charge in [0.2, 0.25) is 0 Å². The first-order chi connectivity index (χ1) is 17.7. The first-order valence-electron chi connectivity index (χ1n) is 11.5. The maximum Gasteiger partial charge on any atom is 0.415 e. The van der Waals surface area contributed by atoms with E-state index < -0.39 is 15.9 Å². The summed E-state index contributed by atoms with van der Waals surface area (Å²) in [5.41, 5.74) is 9.24. The summed E-state index contributed by atoms with van der Waals surface area (Å²) in [6, 6.07) is 30.3. The molecule has 7 nitrogen and oxygen atoms in total. The van der Waals surface area contributed by atoms with Crippen LogP contribution >= 0.6 is 0 Å². The van der Waals surface area contributed by atoms with E-state index >= 15 is 0 Å². The van der Waals surface area contributed by atoms with Gasteiger partial charge in [-0.2, -0.15) is 0 Å². The third kappa shape index (κ3) is 6.62. The first kappa shape index (κ1) is 25.7. The predicted molar refractivity (Wildman–Crippen MR) is 144 cm³/mol. The lowest BCUT2D eigenvalue weighted by molar-refractivity contribution is 0.146. The number of nitrogens with two attached hydrogens (primary N) is 1. The van der Waals surface area contributed by atoms with Crippen LogP contribution in [0.15, 0.2) is 108 Å². The molecular formula is C29H27N3O4S. The summed E-state index contributed by atoms with van der Waals surface area (Å²) in [7, 11) is -3.40. The third-order valence-corrected chi connectivity index (χ3v) is 6.90. The topological polar surface area (TPSA) is 114 Å². The fourth-order valence-corrected chi connectivity index (χ4v) is 4.85. The van der Waals surface area contributed by atoms with Crippen LogP contribution in [0.1, 0.15) is 16.7 Å². The second-order valence-corrected chi connectivity index (χ2v) is 10.6. The molecule has 0 saturated heterocycles. The Morgan fingerprint density at radius 2 is 1.46 bits per heavy atom. The fourth-order valence-electron chi connectivity index (χ4n) is 3.94. The Hall–Kier alpha value is -4.43. The number of carbonyl (C=O) groups is 1. The summed E-state index contributed by atoms with van der Waals surface area (Å²) < 4.78 is 30.0. The first-order valence-corrected chi connectivity index (χ1v) is 13.4. The number of carbonyl (C=O) groups excluding carboxylic acids is 1. The van der Waals surface area contributed by atoms with Crippen molar-refractivity contribution in [2.75, 3.05) is 6.26 Å². The lowest BCUT2D eigenvalue weighted by Crippen LogP contribution is -2.32. The van der Waals surface area contributed by atoms with Crippen LogP contribution in [0.5, 0.6) is 5.75 Å². The van der Waals surface area contributed by atoms with Gasteiger partial charge in [-0.05, 0) is 41.0 Å². The lowest BCUT2D eigenvalue weighted by Gasteiger charge is -2.23. The Bertz CT molecular complexity index is 1520. The largest absolute Gasteiger partial charge is 0.415 e. The average molecular weight is 514 g/mol. The molecule has 0 bridgehead atoms. The molecule has 0 atom stereocenters. The summed E-state index contributed by atoms with van der Waals surface area (Å²) >= 11 is 0. The van der Waals surface area contributed by atoms with Crippen molar-refractivity contribution >= 4 is 21.8 Å². The molecule has 0 aliphatic rings. The van der Waals surface area contributed by atoms with Crippen molar-refractivity contribution in [3.8, 4) is 16.9 Å². The molecule has 0 fully saturated rings. The molecule has 0 saturated carbocycles. The van der Waals surface area contributed by atoms with Gasteiger partial charge in [0.25, 0.3) is 0 Å². The molecule has 4 rings (SSSR count). The molecule has 1 amide bonds. The van der Waals surface area contributed by atoms with Crippen LogP contribution in [-0.4, -0.2) is 31.5 Å². The smallest absolute Gasteiger partial charge is 0.410 e. The normalized spacial score (nSPS) is 11.1. The Morgan fingerprint density at radius 1 is 0.838 bits per heavy atom. The highest BCUT2D eigenvalue weighted by Gasteiger charge is 2.19. The number of amidine groups is 1. The number of nitrogens with zero attached hydrogens (tertiary/aromatic N) is 1. The Kier molecular flexibility index (Phi) is 7.69. The highest BCUT2D eigenvalue weighted by Crippen LogP contribution is 2.29. The minimum atomic E-state index is -3.40. The molecule has 0 aliphatic heterocycles. The molecule has 0 heterocycles. The van der Waals surface area contributed by atoms with Gasteiger partial charge >= 0.3 is 6.09 Å². The van der Waals surface area contributed by atoms with E-state index in [0.717, 1.165) is 11.1 Å². The van der Waals surface area contributed by atoms with Gasteiger partial charge in [0.05, 0.1) is 4.90 Å². The highest BCUT2D eigenvalue weighted by molar-refractivity contribution is 7.90. The van der Waals surface area contributed by atoms with E-state index in [-0.39, 0.29) is 17.3 Å². The van der Waals surface area contributed by atoms with Gasteiger partial charge in [-0.3, -0.25) is 10.3 Å². The van der Waals surface area contributed by atoms with Gasteiger partial charge in [0.15, 0.2) is 9.84 Å². The number of ether oxygens (including phenoxy) is 1. The molecule has 0 spiro atoms. The summed E-state index contributed by atoms with van der Waals surface area (Å²) in [6.07, 6.45) is 0.636. The van der Waals surface area contributed by atoms with E-state index in [1.807, 2.05) is 36.4 Å². The Labute approximate surface area is 216 Å². The van der Waals surface area contributed by atoms with Crippen molar-refractivity contribution in [1.82, 2.24) is 4.90 Å². The van der Waals surface area contributed by atoms with Crippen molar-refractivity contribution in [3.05, 3.63) is 120 Å². The minimum absolute atomic E-state index is 0.0448. The van der Waals surface area contributed by atoms with Crippen LogP contribution in [-0.2, 0) is 22.9 Å². The summed E-state index contributed by atoms with van der Waals surface area (Å²) in [6.45, 7) is 0.582. The van der Waals surface area contributed by atoms with Gasteiger partial charge in [-0.15, -0.1) is 0 Å². The zero-order chi connectivity index (χ0) is 26.4. The number of nitrogen functional groups attached to an aromatic ring is 1. The van der Waals surface area contributed by atoms with Crippen molar-refractivity contribution in [2.45, 2.75) is 18.0 Å².